The number of nitrogens with zero attached hydrogens (tertiary/aromatic N) is 2. The number of carbonyl (C=O) groups is 3. The Balaban J connectivity index is 1.50. The van der Waals surface area contributed by atoms with Crippen LogP contribution >= 0.6 is 0 Å². The Bertz CT molecular complexity index is 946. The standard InChI is InChI=1S/C30H44N2O5/c1-21-30(29(35)36-2)20-24(18-27(33)31-15-8-9-16-31)28(34)32(17-14-22-10-4-3-5-11-22)26(30)19-25(37-21)23-12-6-7-13-23/h10,19,21,23-25H,3-9,11-18,20H2,1-2H3/t21-,24+,25-,30+/m1/s1. The van der Waals surface area contributed by atoms with Gasteiger partial charge in [0.25, 0.3) is 0 Å². The topological polar surface area (TPSA) is 76.2 Å². The lowest BCUT2D eigenvalue weighted by Gasteiger charge is -2.52. The van der Waals surface area contributed by atoms with E-state index in [1.807, 2.05) is 16.7 Å². The second kappa shape index (κ2) is 11.3. The number of ether oxygens (including phenoxy) is 2. The van der Waals surface area contributed by atoms with Crippen molar-refractivity contribution in [3.8, 4) is 0 Å². The van der Waals surface area contributed by atoms with Gasteiger partial charge in [0.2, 0.25) is 11.8 Å². The number of allylic oxidation sites excluding steroid dienone is 1. The minimum Gasteiger partial charge on any atom is -0.468 e. The molecule has 0 aromatic carbocycles. The van der Waals surface area contributed by atoms with Crippen molar-refractivity contribution in [1.29, 1.82) is 0 Å². The average Bonchev–Trinajstić information content (AvgIpc) is 3.64. The Morgan fingerprint density at radius 1 is 1.11 bits per heavy atom. The van der Waals surface area contributed by atoms with Gasteiger partial charge >= 0.3 is 5.97 Å². The number of likely N-dealkylation sites (tertiary alicyclic amines) is 2. The van der Waals surface area contributed by atoms with Gasteiger partial charge in [0.15, 0.2) is 0 Å². The van der Waals surface area contributed by atoms with Crippen LogP contribution in [0.25, 0.3) is 0 Å². The van der Waals surface area contributed by atoms with Crippen molar-refractivity contribution in [2.45, 2.75) is 103 Å². The lowest BCUT2D eigenvalue weighted by molar-refractivity contribution is -0.178. The summed E-state index contributed by atoms with van der Waals surface area (Å²) in [5.41, 5.74) is 1.08. The number of hydrogen-bond acceptors (Lipinski definition) is 5. The largest absolute Gasteiger partial charge is 0.468 e. The molecule has 3 heterocycles. The van der Waals surface area contributed by atoms with Gasteiger partial charge in [-0.1, -0.05) is 24.5 Å². The van der Waals surface area contributed by atoms with Crippen LogP contribution in [0.5, 0.6) is 0 Å². The fraction of sp³-hybridized carbons (Fsp3) is 0.767. The third-order valence-electron chi connectivity index (χ3n) is 9.64. The molecule has 0 bridgehead atoms. The molecule has 2 saturated heterocycles. The molecule has 0 aromatic heterocycles. The number of amides is 2. The molecule has 0 aromatic rings. The van der Waals surface area contributed by atoms with Crippen LogP contribution < -0.4 is 0 Å². The zero-order valence-electron chi connectivity index (χ0n) is 22.7. The van der Waals surface area contributed by atoms with E-state index >= 15 is 0 Å². The summed E-state index contributed by atoms with van der Waals surface area (Å²) in [6.07, 6.45) is 16.3. The molecule has 3 fully saturated rings. The van der Waals surface area contributed by atoms with E-state index in [1.54, 1.807) is 0 Å². The van der Waals surface area contributed by atoms with Crippen LogP contribution in [-0.2, 0) is 23.9 Å². The zero-order chi connectivity index (χ0) is 26.0. The number of esters is 1. The maximum Gasteiger partial charge on any atom is 0.320 e. The molecular weight excluding hydrogens is 468 g/mol. The minimum absolute atomic E-state index is 0.0194. The maximum absolute atomic E-state index is 14.1. The van der Waals surface area contributed by atoms with Crippen molar-refractivity contribution in [3.05, 3.63) is 23.4 Å². The van der Waals surface area contributed by atoms with E-state index in [9.17, 15) is 14.4 Å². The Kier molecular flexibility index (Phi) is 8.08. The maximum atomic E-state index is 14.1. The van der Waals surface area contributed by atoms with Crippen LogP contribution in [0.3, 0.4) is 0 Å². The highest BCUT2D eigenvalue weighted by Gasteiger charge is 2.60. The van der Waals surface area contributed by atoms with E-state index in [1.165, 1.54) is 38.4 Å². The second-order valence-electron chi connectivity index (χ2n) is 11.8. The number of hydrogen-bond donors (Lipinski definition) is 0. The summed E-state index contributed by atoms with van der Waals surface area (Å²) in [5, 5.41) is 0. The molecule has 0 radical (unpaired) electrons. The van der Waals surface area contributed by atoms with Crippen molar-refractivity contribution in [2.75, 3.05) is 26.7 Å². The van der Waals surface area contributed by atoms with Gasteiger partial charge in [0, 0.05) is 37.7 Å². The molecular formula is C30H44N2O5. The Morgan fingerprint density at radius 2 is 1.86 bits per heavy atom. The van der Waals surface area contributed by atoms with Crippen LogP contribution in [-0.4, -0.2) is 66.5 Å². The first-order chi connectivity index (χ1) is 17.9. The van der Waals surface area contributed by atoms with E-state index in [-0.39, 0.29) is 36.7 Å². The van der Waals surface area contributed by atoms with Gasteiger partial charge in [-0.05, 0) is 83.1 Å². The van der Waals surface area contributed by atoms with E-state index in [2.05, 4.69) is 12.2 Å². The smallest absolute Gasteiger partial charge is 0.320 e. The summed E-state index contributed by atoms with van der Waals surface area (Å²) in [7, 11) is 1.42. The van der Waals surface area contributed by atoms with Crippen LogP contribution in [0.15, 0.2) is 23.4 Å². The van der Waals surface area contributed by atoms with Crippen molar-refractivity contribution in [3.63, 3.8) is 0 Å². The molecule has 2 amide bonds. The third-order valence-corrected chi connectivity index (χ3v) is 9.64. The van der Waals surface area contributed by atoms with Crippen molar-refractivity contribution in [1.82, 2.24) is 9.80 Å². The summed E-state index contributed by atoms with van der Waals surface area (Å²) >= 11 is 0. The Morgan fingerprint density at radius 3 is 2.54 bits per heavy atom. The van der Waals surface area contributed by atoms with E-state index in [4.69, 9.17) is 9.47 Å². The monoisotopic (exact) mass is 512 g/mol. The summed E-state index contributed by atoms with van der Waals surface area (Å²) in [5.74, 6) is -0.499. The molecule has 2 aliphatic carbocycles. The van der Waals surface area contributed by atoms with Crippen molar-refractivity contribution in [2.24, 2.45) is 17.3 Å². The third kappa shape index (κ3) is 5.13. The molecule has 0 N–H and O–H groups in total. The fourth-order valence-corrected chi connectivity index (χ4v) is 7.47. The summed E-state index contributed by atoms with van der Waals surface area (Å²) in [4.78, 5) is 44.6. The highest BCUT2D eigenvalue weighted by molar-refractivity contribution is 5.92. The molecule has 204 valence electrons. The predicted molar refractivity (Wildman–Crippen MR) is 140 cm³/mol. The summed E-state index contributed by atoms with van der Waals surface area (Å²) < 4.78 is 12.0. The van der Waals surface area contributed by atoms with Crippen LogP contribution in [0.1, 0.15) is 90.4 Å². The SMILES string of the molecule is COC(=O)[C@]12C[C@H](CC(=O)N3CCCC3)C(=O)N(CCC3=CCCCC3)C1=C[C@H](C1CCCC1)O[C@@H]2C. The first-order valence-corrected chi connectivity index (χ1v) is 14.7. The molecule has 5 aliphatic rings. The predicted octanol–water partition coefficient (Wildman–Crippen LogP) is 4.76. The van der Waals surface area contributed by atoms with Crippen LogP contribution in [0.2, 0.25) is 0 Å². The lowest BCUT2D eigenvalue weighted by atomic mass is 9.66. The van der Waals surface area contributed by atoms with E-state index in [0.717, 1.165) is 63.7 Å². The Labute approximate surface area is 221 Å². The highest BCUT2D eigenvalue weighted by atomic mass is 16.5. The van der Waals surface area contributed by atoms with Crippen LogP contribution in [0.4, 0.5) is 0 Å². The molecule has 4 atom stereocenters. The van der Waals surface area contributed by atoms with Gasteiger partial charge < -0.3 is 19.3 Å². The zero-order valence-corrected chi connectivity index (χ0v) is 22.7. The first-order valence-electron chi connectivity index (χ1n) is 14.7. The van der Waals surface area contributed by atoms with Gasteiger partial charge in [-0.15, -0.1) is 0 Å². The number of rotatable bonds is 7. The molecule has 37 heavy (non-hydrogen) atoms. The normalized spacial score (nSPS) is 32.7. The first kappa shape index (κ1) is 26.5. The van der Waals surface area contributed by atoms with Gasteiger partial charge in [-0.3, -0.25) is 14.4 Å². The van der Waals surface area contributed by atoms with Gasteiger partial charge in [-0.2, -0.15) is 0 Å². The lowest BCUT2D eigenvalue weighted by Crippen LogP contribution is -2.60. The number of fused-ring (bicyclic) bond motifs is 1. The number of carbonyl (C=O) groups excluding carboxylic acids is 3. The van der Waals surface area contributed by atoms with Crippen molar-refractivity contribution >= 4 is 17.8 Å². The second-order valence-corrected chi connectivity index (χ2v) is 11.8. The molecule has 0 spiro atoms. The molecule has 7 heteroatoms. The molecule has 7 nitrogen and oxygen atoms in total. The highest BCUT2D eigenvalue weighted by Crippen LogP contribution is 2.52. The molecule has 1 saturated carbocycles. The minimum atomic E-state index is -1.07. The molecule has 0 unspecified atom stereocenters. The van der Waals surface area contributed by atoms with Gasteiger partial charge in [0.05, 0.1) is 19.3 Å². The quantitative estimate of drug-likeness (QED) is 0.363. The fourth-order valence-electron chi connectivity index (χ4n) is 7.47. The van der Waals surface area contributed by atoms with Crippen LogP contribution in [0, 0.1) is 17.3 Å². The van der Waals surface area contributed by atoms with E-state index < -0.39 is 17.4 Å². The van der Waals surface area contributed by atoms with E-state index in [0.29, 0.717) is 12.5 Å². The molecule has 5 rings (SSSR count). The average molecular weight is 513 g/mol. The van der Waals surface area contributed by atoms with Gasteiger partial charge in [0.1, 0.15) is 5.41 Å². The number of piperidine rings is 1. The summed E-state index contributed by atoms with van der Waals surface area (Å²) in [6.45, 7) is 4.01. The number of methoxy groups -OCH3 is 1. The van der Waals surface area contributed by atoms with Gasteiger partial charge in [-0.25, -0.2) is 0 Å². The van der Waals surface area contributed by atoms with Crippen molar-refractivity contribution < 1.29 is 23.9 Å². The molecule has 3 aliphatic heterocycles. The summed E-state index contributed by atoms with van der Waals surface area (Å²) in [6, 6.07) is 0. The Hall–Kier alpha value is -2.15.